The van der Waals surface area contributed by atoms with Crippen LogP contribution in [0.15, 0.2) is 29.8 Å². The molecular weight excluding hydrogens is 348 g/mol. The highest BCUT2D eigenvalue weighted by Crippen LogP contribution is 2.23. The van der Waals surface area contributed by atoms with Crippen LogP contribution in [0.4, 0.5) is 0 Å². The third kappa shape index (κ3) is 3.42. The number of piperazine rings is 1. The molecule has 3 aromatic heterocycles. The van der Waals surface area contributed by atoms with Crippen LogP contribution in [0.2, 0.25) is 0 Å². The largest absolute Gasteiger partial charge is 0.335 e. The van der Waals surface area contributed by atoms with Gasteiger partial charge in [0.05, 0.1) is 16.3 Å². The van der Waals surface area contributed by atoms with E-state index in [0.717, 1.165) is 49.0 Å². The van der Waals surface area contributed by atoms with Crippen molar-refractivity contribution in [2.45, 2.75) is 13.5 Å². The van der Waals surface area contributed by atoms with Gasteiger partial charge < -0.3 is 4.90 Å². The quantitative estimate of drug-likeness (QED) is 0.764. The van der Waals surface area contributed by atoms with Crippen LogP contribution < -0.4 is 0 Å². The number of nitrogens with zero attached hydrogens (tertiary/aromatic N) is 5. The molecule has 0 spiro atoms. The molecule has 0 atom stereocenters. The fraction of sp³-hybridized carbons (Fsp3) is 0.389. The van der Waals surface area contributed by atoms with E-state index < -0.39 is 0 Å². The maximum absolute atomic E-state index is 12.7. The Morgan fingerprint density at radius 3 is 2.77 bits per heavy atom. The lowest BCUT2D eigenvalue weighted by Gasteiger charge is -2.34. The molecule has 136 valence electrons. The van der Waals surface area contributed by atoms with Crippen LogP contribution in [0.1, 0.15) is 21.7 Å². The summed E-state index contributed by atoms with van der Waals surface area (Å²) in [4.78, 5) is 18.1. The van der Waals surface area contributed by atoms with Crippen molar-refractivity contribution in [1.29, 1.82) is 0 Å². The van der Waals surface area contributed by atoms with Crippen LogP contribution in [-0.4, -0.2) is 61.9 Å². The monoisotopic (exact) mass is 370 g/mol. The van der Waals surface area contributed by atoms with Crippen molar-refractivity contribution in [3.63, 3.8) is 0 Å². The van der Waals surface area contributed by atoms with Gasteiger partial charge in [0, 0.05) is 51.5 Å². The van der Waals surface area contributed by atoms with E-state index in [1.165, 1.54) is 5.56 Å². The summed E-state index contributed by atoms with van der Waals surface area (Å²) in [6.45, 7) is 6.09. The molecule has 0 unspecified atom stereocenters. The lowest BCUT2D eigenvalue weighted by Crippen LogP contribution is -2.48. The van der Waals surface area contributed by atoms with Crippen molar-refractivity contribution in [2.24, 2.45) is 7.05 Å². The summed E-state index contributed by atoms with van der Waals surface area (Å²) in [5.74, 6) is 0.00117. The molecule has 1 saturated heterocycles. The molecule has 4 rings (SSSR count). The van der Waals surface area contributed by atoms with E-state index in [1.807, 2.05) is 47.1 Å². The minimum absolute atomic E-state index is 0.00117. The molecular formula is C18H22N6OS. The molecule has 7 nitrogen and oxygen atoms in total. The number of thiophene rings is 1. The standard InChI is InChI=1S/C18H22N6OS/c1-13-14(11-22(2)21-13)12-23-5-7-24(8-6-23)18(25)16-10-15(19-20-16)17-4-3-9-26-17/h3-4,9-11H,5-8,12H2,1-2H3,(H,19,20). The van der Waals surface area contributed by atoms with E-state index in [2.05, 4.69) is 26.4 Å². The Hall–Kier alpha value is -2.45. The van der Waals surface area contributed by atoms with Gasteiger partial charge >= 0.3 is 0 Å². The predicted octanol–water partition coefficient (Wildman–Crippen LogP) is 2.14. The SMILES string of the molecule is Cc1nn(C)cc1CN1CCN(C(=O)c2cc(-c3cccs3)[nH]n2)CC1. The van der Waals surface area contributed by atoms with Crippen LogP contribution >= 0.6 is 11.3 Å². The Labute approximate surface area is 156 Å². The molecule has 1 amide bonds. The minimum Gasteiger partial charge on any atom is -0.335 e. The van der Waals surface area contributed by atoms with Gasteiger partial charge in [0.15, 0.2) is 5.69 Å². The number of aryl methyl sites for hydroxylation is 2. The maximum Gasteiger partial charge on any atom is 0.274 e. The first kappa shape index (κ1) is 17.0. The highest BCUT2D eigenvalue weighted by Gasteiger charge is 2.24. The number of hydrogen-bond acceptors (Lipinski definition) is 5. The maximum atomic E-state index is 12.7. The van der Waals surface area contributed by atoms with Crippen molar-refractivity contribution in [1.82, 2.24) is 29.8 Å². The fourth-order valence-corrected chi connectivity index (χ4v) is 4.00. The van der Waals surface area contributed by atoms with Crippen molar-refractivity contribution >= 4 is 17.2 Å². The van der Waals surface area contributed by atoms with Gasteiger partial charge in [-0.05, 0) is 24.4 Å². The molecule has 1 N–H and O–H groups in total. The van der Waals surface area contributed by atoms with Crippen molar-refractivity contribution in [3.05, 3.63) is 46.7 Å². The molecule has 0 aromatic carbocycles. The van der Waals surface area contributed by atoms with Gasteiger partial charge in [-0.25, -0.2) is 0 Å². The summed E-state index contributed by atoms with van der Waals surface area (Å²) in [5.41, 5.74) is 3.71. The first-order valence-corrected chi connectivity index (χ1v) is 9.58. The van der Waals surface area contributed by atoms with E-state index in [0.29, 0.717) is 5.69 Å². The lowest BCUT2D eigenvalue weighted by atomic mass is 10.2. The fourth-order valence-electron chi connectivity index (χ4n) is 3.31. The third-order valence-electron chi connectivity index (χ3n) is 4.75. The Kier molecular flexibility index (Phi) is 4.60. The number of H-pyrrole nitrogens is 1. The molecule has 0 radical (unpaired) electrons. The average Bonchev–Trinajstić information content (AvgIpc) is 3.36. The van der Waals surface area contributed by atoms with E-state index in [1.54, 1.807) is 11.3 Å². The topological polar surface area (TPSA) is 70.1 Å². The highest BCUT2D eigenvalue weighted by atomic mass is 32.1. The first-order chi connectivity index (χ1) is 12.6. The molecule has 0 bridgehead atoms. The smallest absolute Gasteiger partial charge is 0.274 e. The van der Waals surface area contributed by atoms with Gasteiger partial charge in [0.2, 0.25) is 0 Å². The van der Waals surface area contributed by atoms with Gasteiger partial charge in [0.25, 0.3) is 5.91 Å². The van der Waals surface area contributed by atoms with Crippen LogP contribution in [0.3, 0.4) is 0 Å². The molecule has 26 heavy (non-hydrogen) atoms. The molecule has 1 aliphatic rings. The van der Waals surface area contributed by atoms with Crippen LogP contribution in [-0.2, 0) is 13.6 Å². The summed E-state index contributed by atoms with van der Waals surface area (Å²) in [6.07, 6.45) is 2.07. The molecule has 4 heterocycles. The zero-order chi connectivity index (χ0) is 18.1. The molecule has 0 aliphatic carbocycles. The normalized spacial score (nSPS) is 15.5. The summed E-state index contributed by atoms with van der Waals surface area (Å²) in [7, 11) is 1.95. The average molecular weight is 370 g/mol. The van der Waals surface area contributed by atoms with Gasteiger partial charge in [-0.2, -0.15) is 10.2 Å². The third-order valence-corrected chi connectivity index (χ3v) is 5.66. The molecule has 8 heteroatoms. The van der Waals surface area contributed by atoms with Gasteiger partial charge in [-0.3, -0.25) is 19.5 Å². The van der Waals surface area contributed by atoms with E-state index in [4.69, 9.17) is 0 Å². The number of carbonyl (C=O) groups is 1. The minimum atomic E-state index is 0.00117. The summed E-state index contributed by atoms with van der Waals surface area (Å²) < 4.78 is 1.85. The first-order valence-electron chi connectivity index (χ1n) is 8.70. The van der Waals surface area contributed by atoms with E-state index in [-0.39, 0.29) is 5.91 Å². The van der Waals surface area contributed by atoms with E-state index >= 15 is 0 Å². The second kappa shape index (κ2) is 7.05. The second-order valence-electron chi connectivity index (χ2n) is 6.63. The number of rotatable bonds is 4. The van der Waals surface area contributed by atoms with Crippen LogP contribution in [0.25, 0.3) is 10.6 Å². The molecule has 1 fully saturated rings. The Morgan fingerprint density at radius 2 is 2.12 bits per heavy atom. The number of amides is 1. The predicted molar refractivity (Wildman–Crippen MR) is 101 cm³/mol. The van der Waals surface area contributed by atoms with Crippen molar-refractivity contribution in [2.75, 3.05) is 26.2 Å². The zero-order valence-corrected chi connectivity index (χ0v) is 15.8. The summed E-state index contributed by atoms with van der Waals surface area (Å²) in [6, 6.07) is 5.86. The van der Waals surface area contributed by atoms with Crippen molar-refractivity contribution in [3.8, 4) is 10.6 Å². The number of aromatic amines is 1. The number of nitrogens with one attached hydrogen (secondary N) is 1. The summed E-state index contributed by atoms with van der Waals surface area (Å²) in [5, 5.41) is 13.6. The number of carbonyl (C=O) groups excluding carboxylic acids is 1. The van der Waals surface area contributed by atoms with Gasteiger partial charge in [0.1, 0.15) is 0 Å². The van der Waals surface area contributed by atoms with E-state index in [9.17, 15) is 4.79 Å². The molecule has 1 aliphatic heterocycles. The van der Waals surface area contributed by atoms with Gasteiger partial charge in [-0.1, -0.05) is 6.07 Å². The molecule has 0 saturated carbocycles. The Bertz CT molecular complexity index is 889. The number of hydrogen-bond donors (Lipinski definition) is 1. The zero-order valence-electron chi connectivity index (χ0n) is 15.0. The van der Waals surface area contributed by atoms with Crippen LogP contribution in [0.5, 0.6) is 0 Å². The Balaban J connectivity index is 1.35. The lowest BCUT2D eigenvalue weighted by molar-refractivity contribution is 0.0622. The second-order valence-corrected chi connectivity index (χ2v) is 7.57. The summed E-state index contributed by atoms with van der Waals surface area (Å²) >= 11 is 1.63. The van der Waals surface area contributed by atoms with Crippen molar-refractivity contribution < 1.29 is 4.79 Å². The van der Waals surface area contributed by atoms with Gasteiger partial charge in [-0.15, -0.1) is 11.3 Å². The molecule has 3 aromatic rings. The number of aromatic nitrogens is 4. The van der Waals surface area contributed by atoms with Crippen LogP contribution in [0, 0.1) is 6.92 Å². The Morgan fingerprint density at radius 1 is 1.31 bits per heavy atom. The highest BCUT2D eigenvalue weighted by molar-refractivity contribution is 7.13.